The van der Waals surface area contributed by atoms with Crippen molar-refractivity contribution < 1.29 is 14.5 Å². The van der Waals surface area contributed by atoms with Gasteiger partial charge in [0.1, 0.15) is 5.02 Å². The molecule has 0 spiro atoms. The molecule has 0 aliphatic heterocycles. The number of esters is 1. The fourth-order valence-electron chi connectivity index (χ4n) is 1.94. The van der Waals surface area contributed by atoms with Crippen molar-refractivity contribution in [3.05, 3.63) is 38.9 Å². The highest BCUT2D eigenvalue weighted by atomic mass is 35.5. The highest BCUT2D eigenvalue weighted by molar-refractivity contribution is 6.35. The van der Waals surface area contributed by atoms with Crippen LogP contribution in [0.5, 0.6) is 0 Å². The Hall–Kier alpha value is -1.62. The van der Waals surface area contributed by atoms with E-state index in [-0.39, 0.29) is 16.3 Å². The van der Waals surface area contributed by atoms with Crippen molar-refractivity contribution in [3.63, 3.8) is 0 Å². The van der Waals surface area contributed by atoms with E-state index in [1.165, 1.54) is 37.5 Å². The molecule has 0 N–H and O–H groups in total. The van der Waals surface area contributed by atoms with E-state index < -0.39 is 10.9 Å². The van der Waals surface area contributed by atoms with E-state index in [0.29, 0.717) is 6.61 Å². The third kappa shape index (κ3) is 5.71. The highest BCUT2D eigenvalue weighted by Crippen LogP contribution is 2.28. The zero-order valence-electron chi connectivity index (χ0n) is 12.1. The van der Waals surface area contributed by atoms with Crippen molar-refractivity contribution >= 4 is 23.3 Å². The second-order valence-electron chi connectivity index (χ2n) is 4.80. The largest absolute Gasteiger partial charge is 0.462 e. The van der Waals surface area contributed by atoms with E-state index in [2.05, 4.69) is 6.92 Å². The summed E-state index contributed by atoms with van der Waals surface area (Å²) in [5.74, 6) is -0.614. The second kappa shape index (κ2) is 9.34. The van der Waals surface area contributed by atoms with E-state index in [1.807, 2.05) is 0 Å². The summed E-state index contributed by atoms with van der Waals surface area (Å²) >= 11 is 5.85. The molecule has 0 saturated carbocycles. The van der Waals surface area contributed by atoms with Crippen molar-refractivity contribution in [2.24, 2.45) is 0 Å². The van der Waals surface area contributed by atoms with Gasteiger partial charge in [-0.05, 0) is 12.5 Å². The molecule has 1 aromatic carbocycles. The Balaban J connectivity index is 2.42. The van der Waals surface area contributed by atoms with Crippen LogP contribution in [-0.2, 0) is 4.74 Å². The molecule has 1 rings (SSSR count). The minimum Gasteiger partial charge on any atom is -0.462 e. The molecule has 0 radical (unpaired) electrons. The number of ether oxygens (including phenoxy) is 1. The number of carbonyl (C=O) groups excluding carboxylic acids is 1. The molecule has 0 unspecified atom stereocenters. The Kier molecular flexibility index (Phi) is 7.75. The quantitative estimate of drug-likeness (QED) is 0.285. The summed E-state index contributed by atoms with van der Waals surface area (Å²) in [6, 6.07) is 4.11. The molecule has 116 valence electrons. The lowest BCUT2D eigenvalue weighted by atomic mass is 10.1. The summed E-state index contributed by atoms with van der Waals surface area (Å²) < 4.78 is 5.10. The predicted molar refractivity (Wildman–Crippen MR) is 81.8 cm³/mol. The number of rotatable bonds is 9. The topological polar surface area (TPSA) is 69.4 Å². The van der Waals surface area contributed by atoms with Gasteiger partial charge in [-0.1, -0.05) is 56.7 Å². The summed E-state index contributed by atoms with van der Waals surface area (Å²) in [4.78, 5) is 22.0. The number of unbranched alkanes of at least 4 members (excludes halogenated alkanes) is 5. The number of halogens is 1. The van der Waals surface area contributed by atoms with Gasteiger partial charge in [0.15, 0.2) is 0 Å². The Morgan fingerprint density at radius 3 is 2.57 bits per heavy atom. The molecule has 0 aliphatic rings. The van der Waals surface area contributed by atoms with Gasteiger partial charge in [0.25, 0.3) is 5.69 Å². The summed E-state index contributed by atoms with van der Waals surface area (Å²) in [5.41, 5.74) is -0.248. The van der Waals surface area contributed by atoms with E-state index in [9.17, 15) is 14.9 Å². The highest BCUT2D eigenvalue weighted by Gasteiger charge is 2.20. The normalized spacial score (nSPS) is 10.4. The smallest absolute Gasteiger partial charge is 0.339 e. The first-order chi connectivity index (χ1) is 10.1. The Morgan fingerprint density at radius 1 is 1.24 bits per heavy atom. The third-order valence-corrected chi connectivity index (χ3v) is 3.52. The number of nitro groups is 1. The van der Waals surface area contributed by atoms with Crippen LogP contribution in [0.1, 0.15) is 55.8 Å². The standard InChI is InChI=1S/C15H20ClNO4/c1-2-3-4-5-6-7-11-21-15(18)12-9-8-10-13(14(12)16)17(19)20/h8-10H,2-7,11H2,1H3. The van der Waals surface area contributed by atoms with Crippen LogP contribution >= 0.6 is 11.6 Å². The first kappa shape index (κ1) is 17.4. The molecule has 6 heteroatoms. The maximum Gasteiger partial charge on any atom is 0.339 e. The van der Waals surface area contributed by atoms with Gasteiger partial charge in [-0.15, -0.1) is 0 Å². The number of nitrogens with zero attached hydrogens (tertiary/aromatic N) is 1. The lowest BCUT2D eigenvalue weighted by Crippen LogP contribution is -2.08. The first-order valence-corrected chi connectivity index (χ1v) is 7.55. The molecule has 0 bridgehead atoms. The van der Waals surface area contributed by atoms with E-state index in [0.717, 1.165) is 19.3 Å². The van der Waals surface area contributed by atoms with Gasteiger partial charge in [-0.25, -0.2) is 4.79 Å². The molecule has 0 amide bonds. The minimum absolute atomic E-state index is 0.0387. The van der Waals surface area contributed by atoms with Gasteiger partial charge in [0, 0.05) is 6.07 Å². The number of hydrogen-bond acceptors (Lipinski definition) is 4. The van der Waals surface area contributed by atoms with Crippen LogP contribution in [0.25, 0.3) is 0 Å². The van der Waals surface area contributed by atoms with Crippen LogP contribution in [0.15, 0.2) is 18.2 Å². The van der Waals surface area contributed by atoms with Crippen LogP contribution in [0.4, 0.5) is 5.69 Å². The van der Waals surface area contributed by atoms with Crippen molar-refractivity contribution in [3.8, 4) is 0 Å². The zero-order chi connectivity index (χ0) is 15.7. The Morgan fingerprint density at radius 2 is 1.90 bits per heavy atom. The summed E-state index contributed by atoms with van der Waals surface area (Å²) in [6.45, 7) is 2.47. The van der Waals surface area contributed by atoms with Crippen LogP contribution in [0, 0.1) is 10.1 Å². The van der Waals surface area contributed by atoms with Gasteiger partial charge in [-0.3, -0.25) is 10.1 Å². The predicted octanol–water partition coefficient (Wildman–Crippen LogP) is 4.77. The average Bonchev–Trinajstić information content (AvgIpc) is 2.46. The minimum atomic E-state index is -0.618. The fourth-order valence-corrected chi connectivity index (χ4v) is 2.22. The number of carbonyl (C=O) groups is 1. The van der Waals surface area contributed by atoms with Crippen LogP contribution in [0.3, 0.4) is 0 Å². The van der Waals surface area contributed by atoms with E-state index in [1.54, 1.807) is 0 Å². The lowest BCUT2D eigenvalue weighted by molar-refractivity contribution is -0.384. The van der Waals surface area contributed by atoms with Crippen molar-refractivity contribution in [2.45, 2.75) is 45.4 Å². The molecular formula is C15H20ClNO4. The SMILES string of the molecule is CCCCCCCCOC(=O)c1cccc([N+](=O)[O-])c1Cl. The zero-order valence-corrected chi connectivity index (χ0v) is 12.9. The molecule has 21 heavy (non-hydrogen) atoms. The molecule has 0 aromatic heterocycles. The number of hydrogen-bond donors (Lipinski definition) is 0. The molecule has 0 heterocycles. The summed E-state index contributed by atoms with van der Waals surface area (Å²) in [7, 11) is 0. The van der Waals surface area contributed by atoms with Gasteiger partial charge in [0.2, 0.25) is 0 Å². The monoisotopic (exact) mass is 313 g/mol. The molecule has 0 aliphatic carbocycles. The lowest BCUT2D eigenvalue weighted by Gasteiger charge is -2.06. The van der Waals surface area contributed by atoms with Gasteiger partial charge in [0.05, 0.1) is 17.1 Å². The van der Waals surface area contributed by atoms with E-state index >= 15 is 0 Å². The first-order valence-electron chi connectivity index (χ1n) is 7.18. The Bertz CT molecular complexity index is 491. The molecular weight excluding hydrogens is 294 g/mol. The van der Waals surface area contributed by atoms with Crippen LogP contribution in [-0.4, -0.2) is 17.5 Å². The Labute approximate surface area is 129 Å². The van der Waals surface area contributed by atoms with Crippen molar-refractivity contribution in [1.82, 2.24) is 0 Å². The summed E-state index contributed by atoms with van der Waals surface area (Å²) in [5, 5.41) is 10.6. The number of benzene rings is 1. The van der Waals surface area contributed by atoms with Crippen LogP contribution < -0.4 is 0 Å². The van der Waals surface area contributed by atoms with Gasteiger partial charge < -0.3 is 4.74 Å². The third-order valence-electron chi connectivity index (χ3n) is 3.13. The summed E-state index contributed by atoms with van der Waals surface area (Å²) in [6.07, 6.45) is 6.55. The van der Waals surface area contributed by atoms with Crippen LogP contribution in [0.2, 0.25) is 5.02 Å². The fraction of sp³-hybridized carbons (Fsp3) is 0.533. The number of nitro benzene ring substituents is 1. The van der Waals surface area contributed by atoms with Crippen molar-refractivity contribution in [2.75, 3.05) is 6.61 Å². The molecule has 1 aromatic rings. The second-order valence-corrected chi connectivity index (χ2v) is 5.18. The van der Waals surface area contributed by atoms with Crippen molar-refractivity contribution in [1.29, 1.82) is 0 Å². The van der Waals surface area contributed by atoms with E-state index in [4.69, 9.17) is 16.3 Å². The van der Waals surface area contributed by atoms with Gasteiger partial charge >= 0.3 is 5.97 Å². The maximum atomic E-state index is 11.8. The average molecular weight is 314 g/mol. The molecule has 0 atom stereocenters. The molecule has 0 saturated heterocycles. The maximum absolute atomic E-state index is 11.8. The molecule has 5 nitrogen and oxygen atoms in total. The van der Waals surface area contributed by atoms with Gasteiger partial charge in [-0.2, -0.15) is 0 Å². The molecule has 0 fully saturated rings.